The van der Waals surface area contributed by atoms with Gasteiger partial charge in [0.2, 0.25) is 5.91 Å². The zero-order valence-electron chi connectivity index (χ0n) is 31.5. The van der Waals surface area contributed by atoms with Gasteiger partial charge in [-0.25, -0.2) is 13.6 Å². The van der Waals surface area contributed by atoms with E-state index in [1.54, 1.807) is 34.8 Å². The van der Waals surface area contributed by atoms with Crippen molar-refractivity contribution in [3.63, 3.8) is 0 Å². The summed E-state index contributed by atoms with van der Waals surface area (Å²) in [6, 6.07) is 10.3. The molecule has 2 heterocycles. The molecular formula is C42H55F2N3O6. The highest BCUT2D eigenvalue weighted by molar-refractivity contribution is 5.96. The van der Waals surface area contributed by atoms with Crippen LogP contribution in [0.25, 0.3) is 10.9 Å². The molecule has 1 saturated heterocycles. The summed E-state index contributed by atoms with van der Waals surface area (Å²) in [6.07, 6.45) is 7.87. The van der Waals surface area contributed by atoms with Gasteiger partial charge in [0, 0.05) is 43.7 Å². The van der Waals surface area contributed by atoms with Gasteiger partial charge in [-0.3, -0.25) is 14.2 Å². The lowest BCUT2D eigenvalue weighted by molar-refractivity contribution is -0.143. The van der Waals surface area contributed by atoms with Crippen molar-refractivity contribution in [3.8, 4) is 0 Å². The van der Waals surface area contributed by atoms with Gasteiger partial charge < -0.3 is 24.8 Å². The van der Waals surface area contributed by atoms with E-state index in [0.717, 1.165) is 48.7 Å². The second kappa shape index (κ2) is 16.7. The lowest BCUT2D eigenvalue weighted by atomic mass is 9.71. The Morgan fingerprint density at radius 2 is 1.64 bits per heavy atom. The van der Waals surface area contributed by atoms with Gasteiger partial charge in [0.15, 0.2) is 0 Å². The summed E-state index contributed by atoms with van der Waals surface area (Å²) in [7, 11) is 1.63. The van der Waals surface area contributed by atoms with Crippen molar-refractivity contribution in [1.82, 2.24) is 14.8 Å². The van der Waals surface area contributed by atoms with Crippen LogP contribution in [0.2, 0.25) is 0 Å². The molecule has 3 aliphatic rings. The van der Waals surface area contributed by atoms with E-state index in [4.69, 9.17) is 9.47 Å². The minimum Gasteiger partial charge on any atom is -0.481 e. The zero-order chi connectivity index (χ0) is 37.9. The number of carboxylic acids is 1. The van der Waals surface area contributed by atoms with Crippen molar-refractivity contribution >= 4 is 28.8 Å². The van der Waals surface area contributed by atoms with Crippen LogP contribution in [0.3, 0.4) is 0 Å². The third-order valence-corrected chi connectivity index (χ3v) is 12.2. The summed E-state index contributed by atoms with van der Waals surface area (Å²) in [5, 5.41) is 13.7. The Balaban J connectivity index is 1.26. The molecular weight excluding hydrogens is 680 g/mol. The Labute approximate surface area is 311 Å². The van der Waals surface area contributed by atoms with Crippen LogP contribution in [0, 0.1) is 29.4 Å². The summed E-state index contributed by atoms with van der Waals surface area (Å²) < 4.78 is 42.3. The number of nitrogens with one attached hydrogen (secondary N) is 1. The second-order valence-electron chi connectivity index (χ2n) is 16.0. The number of likely N-dealkylation sites (tertiary alicyclic amines) is 1. The molecule has 2 N–H and O–H groups in total. The van der Waals surface area contributed by atoms with E-state index in [2.05, 4.69) is 19.2 Å². The summed E-state index contributed by atoms with van der Waals surface area (Å²) >= 11 is 0. The first-order valence-electron chi connectivity index (χ1n) is 19.4. The molecule has 53 heavy (non-hydrogen) atoms. The van der Waals surface area contributed by atoms with Gasteiger partial charge in [0.05, 0.1) is 35.7 Å². The minimum atomic E-state index is -1.01. The van der Waals surface area contributed by atoms with E-state index < -0.39 is 28.9 Å². The van der Waals surface area contributed by atoms with Gasteiger partial charge in [-0.05, 0) is 131 Å². The van der Waals surface area contributed by atoms with Gasteiger partial charge in [0.25, 0.3) is 0 Å². The van der Waals surface area contributed by atoms with Gasteiger partial charge in [-0.1, -0.05) is 19.1 Å². The van der Waals surface area contributed by atoms with E-state index in [1.165, 1.54) is 24.3 Å². The number of aliphatic carboxylic acids is 1. The number of hydrogen-bond acceptors (Lipinski definition) is 5. The maximum Gasteiger partial charge on any atom is 0.328 e. The molecule has 11 heteroatoms. The maximum absolute atomic E-state index is 14.9. The van der Waals surface area contributed by atoms with E-state index in [1.807, 2.05) is 6.92 Å². The molecule has 2 aliphatic carbocycles. The molecule has 0 radical (unpaired) electrons. The number of fused-ring (bicyclic) bond motifs is 1. The lowest BCUT2D eigenvalue weighted by Gasteiger charge is -2.43. The van der Waals surface area contributed by atoms with Crippen LogP contribution < -0.4 is 5.32 Å². The van der Waals surface area contributed by atoms with Crippen molar-refractivity contribution < 1.29 is 37.7 Å². The van der Waals surface area contributed by atoms with Crippen LogP contribution in [0.1, 0.15) is 95.4 Å². The molecule has 9 nitrogen and oxygen atoms in total. The highest BCUT2D eigenvalue weighted by Crippen LogP contribution is 2.40. The summed E-state index contributed by atoms with van der Waals surface area (Å²) in [4.78, 5) is 42.4. The number of methoxy groups -OCH3 is 1. The summed E-state index contributed by atoms with van der Waals surface area (Å²) in [6.45, 7) is 7.02. The number of carbonyl (C=O) groups is 3. The van der Waals surface area contributed by atoms with E-state index in [0.29, 0.717) is 62.1 Å². The average Bonchev–Trinajstić information content (AvgIpc) is 3.43. The molecule has 1 aliphatic heterocycles. The molecule has 2 saturated carbocycles. The molecule has 3 fully saturated rings. The number of halogens is 2. The second-order valence-corrected chi connectivity index (χ2v) is 16.0. The van der Waals surface area contributed by atoms with Gasteiger partial charge in [0.1, 0.15) is 11.6 Å². The SMILES string of the molecule is COCCc1c(CC2CCC(OC(C)C)CC2)c2ccc(F)cc2n1C(=O)N1CCC(C(=O)N[C@H]2CC[C@H](C(=O)O)C[C@@H]2C)(c2ccc(F)cc2)CC1. The molecule has 288 valence electrons. The number of carboxylic acid groups (broad SMARTS) is 1. The topological polar surface area (TPSA) is 110 Å². The van der Waals surface area contributed by atoms with Crippen molar-refractivity contribution in [2.45, 2.75) is 115 Å². The van der Waals surface area contributed by atoms with Crippen LogP contribution >= 0.6 is 0 Å². The Bertz CT molecular complexity index is 1760. The molecule has 2 aromatic carbocycles. The predicted molar refractivity (Wildman–Crippen MR) is 199 cm³/mol. The average molecular weight is 736 g/mol. The number of aromatic nitrogens is 1. The summed E-state index contributed by atoms with van der Waals surface area (Å²) in [5.41, 5.74) is 2.09. The minimum absolute atomic E-state index is 0.0220. The van der Waals surface area contributed by atoms with Crippen LogP contribution in [0.4, 0.5) is 13.6 Å². The normalized spacial score (nSPS) is 24.7. The molecule has 0 bridgehead atoms. The Kier molecular flexibility index (Phi) is 12.2. The number of carbonyl (C=O) groups excluding carboxylic acids is 2. The number of piperidine rings is 1. The van der Waals surface area contributed by atoms with Crippen molar-refractivity contribution in [2.75, 3.05) is 26.8 Å². The summed E-state index contributed by atoms with van der Waals surface area (Å²) in [5.74, 6) is -1.85. The Morgan fingerprint density at radius 1 is 0.962 bits per heavy atom. The highest BCUT2D eigenvalue weighted by Gasteiger charge is 2.46. The third-order valence-electron chi connectivity index (χ3n) is 12.2. The van der Waals surface area contributed by atoms with Crippen LogP contribution in [0.15, 0.2) is 42.5 Å². The lowest BCUT2D eigenvalue weighted by Crippen LogP contribution is -2.56. The number of benzene rings is 2. The fraction of sp³-hybridized carbons (Fsp3) is 0.595. The first-order chi connectivity index (χ1) is 25.4. The third kappa shape index (κ3) is 8.46. The maximum atomic E-state index is 14.9. The highest BCUT2D eigenvalue weighted by atomic mass is 19.1. The molecule has 2 amide bonds. The predicted octanol–water partition coefficient (Wildman–Crippen LogP) is 7.64. The number of amides is 2. The number of hydrogen-bond donors (Lipinski definition) is 2. The smallest absolute Gasteiger partial charge is 0.328 e. The zero-order valence-corrected chi connectivity index (χ0v) is 31.5. The number of ether oxygens (including phenoxy) is 2. The molecule has 0 unspecified atom stereocenters. The van der Waals surface area contributed by atoms with E-state index >= 15 is 0 Å². The largest absolute Gasteiger partial charge is 0.481 e. The van der Waals surface area contributed by atoms with Crippen molar-refractivity contribution in [2.24, 2.45) is 17.8 Å². The van der Waals surface area contributed by atoms with Gasteiger partial charge >= 0.3 is 12.0 Å². The van der Waals surface area contributed by atoms with Crippen LogP contribution in [-0.4, -0.2) is 77.5 Å². The molecule has 3 atom stereocenters. The van der Waals surface area contributed by atoms with E-state index in [-0.39, 0.29) is 49.2 Å². The number of nitrogens with zero attached hydrogens (tertiary/aromatic N) is 2. The van der Waals surface area contributed by atoms with Gasteiger partial charge in [-0.2, -0.15) is 0 Å². The number of rotatable bonds is 11. The molecule has 1 aromatic heterocycles. The molecule has 6 rings (SSSR count). The molecule has 3 aromatic rings. The van der Waals surface area contributed by atoms with Crippen molar-refractivity contribution in [3.05, 3.63) is 70.9 Å². The Morgan fingerprint density at radius 3 is 2.26 bits per heavy atom. The first-order valence-corrected chi connectivity index (χ1v) is 19.4. The van der Waals surface area contributed by atoms with Gasteiger partial charge in [-0.15, -0.1) is 0 Å². The monoisotopic (exact) mass is 735 g/mol. The van der Waals surface area contributed by atoms with Crippen LogP contribution in [-0.2, 0) is 37.3 Å². The molecule has 0 spiro atoms. The quantitative estimate of drug-likeness (QED) is 0.210. The van der Waals surface area contributed by atoms with Crippen LogP contribution in [0.5, 0.6) is 0 Å². The van der Waals surface area contributed by atoms with E-state index in [9.17, 15) is 28.3 Å². The Hall–Kier alpha value is -3.83. The fourth-order valence-electron chi connectivity index (χ4n) is 9.21. The fourth-order valence-corrected chi connectivity index (χ4v) is 9.21. The standard InChI is InChI=1S/C42H55F2N3O6/c1-26(2)53-33-13-5-28(6-14-33)24-35-34-15-12-32(44)25-38(34)47(37(35)17-22-52-4)41(51)46-20-18-42(19-21-46,30-8-10-31(43)11-9-30)40(50)45-36-16-7-29(39(48)49)23-27(36)3/h8-12,15,25-29,33,36H,5-7,13-14,16-24H2,1-4H3,(H,45,50)(H,48,49)/t27-,28?,29-,33?,36-/m0/s1. The first kappa shape index (κ1) is 38.9. The van der Waals surface area contributed by atoms with Crippen molar-refractivity contribution in [1.29, 1.82) is 0 Å².